The highest BCUT2D eigenvalue weighted by Gasteiger charge is 2.19. The quantitative estimate of drug-likeness (QED) is 0.849. The molecule has 0 spiro atoms. The lowest BCUT2D eigenvalue weighted by molar-refractivity contribution is 0.0695. The van der Waals surface area contributed by atoms with Gasteiger partial charge >= 0.3 is 5.97 Å². The molecular weight excluding hydrogens is 295 g/mol. The summed E-state index contributed by atoms with van der Waals surface area (Å²) in [5.74, 6) is -1.22. The normalized spacial score (nSPS) is 11.3. The van der Waals surface area contributed by atoms with Crippen LogP contribution in [-0.2, 0) is 9.05 Å². The molecule has 0 radical (unpaired) electrons. The molecule has 1 rings (SSSR count). The van der Waals surface area contributed by atoms with Crippen molar-refractivity contribution in [2.45, 2.75) is 4.90 Å². The number of rotatable bonds is 2. The summed E-state index contributed by atoms with van der Waals surface area (Å²) in [6.07, 6.45) is 0. The van der Waals surface area contributed by atoms with Crippen molar-refractivity contribution >= 4 is 41.6 Å². The largest absolute Gasteiger partial charge is 0.478 e. The molecule has 0 saturated carbocycles. The number of halogens is 2. The maximum atomic E-state index is 11.0. The molecular formula is C7H4BrClO4S. The summed E-state index contributed by atoms with van der Waals surface area (Å²) in [4.78, 5) is 10.4. The number of hydrogen-bond donors (Lipinski definition) is 1. The standard InChI is InChI=1S/C7H4BrClO4S/c8-6-4(7(10)11)2-1-3-5(6)14(9,12)13/h1-3H,(H,10,11). The lowest BCUT2D eigenvalue weighted by atomic mass is 10.2. The first-order valence-corrected chi connectivity index (χ1v) is 6.40. The number of hydrogen-bond acceptors (Lipinski definition) is 3. The summed E-state index contributed by atoms with van der Waals surface area (Å²) in [7, 11) is 1.16. The molecule has 1 aromatic carbocycles. The molecule has 0 fully saturated rings. The predicted molar refractivity (Wildman–Crippen MR) is 54.1 cm³/mol. The minimum Gasteiger partial charge on any atom is -0.478 e. The lowest BCUT2D eigenvalue weighted by Crippen LogP contribution is -2.01. The zero-order valence-electron chi connectivity index (χ0n) is 6.57. The van der Waals surface area contributed by atoms with Gasteiger partial charge in [-0.15, -0.1) is 0 Å². The van der Waals surface area contributed by atoms with Crippen molar-refractivity contribution in [1.29, 1.82) is 0 Å². The topological polar surface area (TPSA) is 71.4 Å². The average molecular weight is 300 g/mol. The van der Waals surface area contributed by atoms with Crippen LogP contribution in [0.1, 0.15) is 10.4 Å². The molecule has 0 bridgehead atoms. The minimum absolute atomic E-state index is 0.0394. The van der Waals surface area contributed by atoms with E-state index in [4.69, 9.17) is 15.8 Å². The molecule has 0 saturated heterocycles. The molecule has 0 aliphatic carbocycles. The van der Waals surface area contributed by atoms with Crippen LogP contribution in [-0.4, -0.2) is 19.5 Å². The van der Waals surface area contributed by atoms with Crippen LogP contribution in [0, 0.1) is 0 Å². The van der Waals surface area contributed by atoms with Crippen molar-refractivity contribution in [3.8, 4) is 0 Å². The molecule has 76 valence electrons. The molecule has 1 N–H and O–H groups in total. The molecule has 0 heterocycles. The molecule has 1 aromatic rings. The zero-order valence-corrected chi connectivity index (χ0v) is 9.73. The summed E-state index contributed by atoms with van der Waals surface area (Å²) in [5.41, 5.74) is -0.147. The van der Waals surface area contributed by atoms with E-state index in [1.807, 2.05) is 0 Å². The van der Waals surface area contributed by atoms with Gasteiger partial charge in [-0.1, -0.05) is 6.07 Å². The first-order valence-electron chi connectivity index (χ1n) is 3.30. The Balaban J connectivity index is 3.51. The van der Waals surface area contributed by atoms with Crippen molar-refractivity contribution in [2.75, 3.05) is 0 Å². The fourth-order valence-corrected chi connectivity index (χ4v) is 3.17. The van der Waals surface area contributed by atoms with E-state index in [0.717, 1.165) is 0 Å². The summed E-state index contributed by atoms with van der Waals surface area (Å²) < 4.78 is 21.9. The Hall–Kier alpha value is -0.590. The van der Waals surface area contributed by atoms with Crippen LogP contribution in [0.25, 0.3) is 0 Å². The predicted octanol–water partition coefficient (Wildman–Crippen LogP) is 2.07. The Morgan fingerprint density at radius 1 is 1.43 bits per heavy atom. The zero-order chi connectivity index (χ0) is 10.9. The third-order valence-electron chi connectivity index (χ3n) is 1.46. The van der Waals surface area contributed by atoms with E-state index in [2.05, 4.69) is 15.9 Å². The summed E-state index contributed by atoms with van der Waals surface area (Å²) in [5, 5.41) is 8.69. The van der Waals surface area contributed by atoms with Crippen LogP contribution < -0.4 is 0 Å². The first-order chi connectivity index (χ1) is 6.34. The van der Waals surface area contributed by atoms with Gasteiger partial charge in [-0.2, -0.15) is 0 Å². The molecule has 0 aliphatic rings. The highest BCUT2D eigenvalue weighted by atomic mass is 79.9. The van der Waals surface area contributed by atoms with Crippen molar-refractivity contribution in [2.24, 2.45) is 0 Å². The van der Waals surface area contributed by atoms with E-state index in [0.29, 0.717) is 0 Å². The van der Waals surface area contributed by atoms with Gasteiger partial charge in [-0.05, 0) is 28.1 Å². The second-order valence-electron chi connectivity index (χ2n) is 2.36. The lowest BCUT2D eigenvalue weighted by Gasteiger charge is -2.02. The molecule has 4 nitrogen and oxygen atoms in total. The molecule has 0 amide bonds. The van der Waals surface area contributed by atoms with Gasteiger partial charge in [0.15, 0.2) is 0 Å². The molecule has 0 aromatic heterocycles. The van der Waals surface area contributed by atoms with Gasteiger partial charge < -0.3 is 5.11 Å². The van der Waals surface area contributed by atoms with E-state index in [1.54, 1.807) is 0 Å². The first kappa shape index (κ1) is 11.5. The van der Waals surface area contributed by atoms with Gasteiger partial charge in [0.25, 0.3) is 9.05 Å². The molecule has 14 heavy (non-hydrogen) atoms. The maximum Gasteiger partial charge on any atom is 0.336 e. The van der Waals surface area contributed by atoms with Crippen molar-refractivity contribution in [1.82, 2.24) is 0 Å². The minimum atomic E-state index is -3.93. The maximum absolute atomic E-state index is 11.0. The fraction of sp³-hybridized carbons (Fsp3) is 0. The Kier molecular flexibility index (Phi) is 3.18. The van der Waals surface area contributed by atoms with Gasteiger partial charge in [0.2, 0.25) is 0 Å². The Morgan fingerprint density at radius 3 is 2.43 bits per heavy atom. The van der Waals surface area contributed by atoms with E-state index in [1.165, 1.54) is 18.2 Å². The molecule has 7 heteroatoms. The highest BCUT2D eigenvalue weighted by molar-refractivity contribution is 9.10. The molecule has 0 aliphatic heterocycles. The van der Waals surface area contributed by atoms with E-state index < -0.39 is 15.0 Å². The number of carboxylic acids is 1. The molecule has 0 atom stereocenters. The smallest absolute Gasteiger partial charge is 0.336 e. The third-order valence-corrected chi connectivity index (χ3v) is 3.94. The summed E-state index contributed by atoms with van der Waals surface area (Å²) >= 11 is 2.87. The molecule has 0 unspecified atom stereocenters. The Labute approximate surface area is 93.1 Å². The summed E-state index contributed by atoms with van der Waals surface area (Å²) in [6, 6.07) is 3.81. The van der Waals surface area contributed by atoms with Crippen molar-refractivity contribution in [3.05, 3.63) is 28.2 Å². The Morgan fingerprint density at radius 2 is 2.00 bits per heavy atom. The van der Waals surface area contributed by atoms with Gasteiger partial charge in [0, 0.05) is 10.7 Å². The van der Waals surface area contributed by atoms with Gasteiger partial charge in [0.05, 0.1) is 14.9 Å². The second-order valence-corrected chi connectivity index (χ2v) is 5.69. The van der Waals surface area contributed by atoms with Crippen LogP contribution in [0.5, 0.6) is 0 Å². The van der Waals surface area contributed by atoms with Crippen LogP contribution in [0.2, 0.25) is 0 Å². The van der Waals surface area contributed by atoms with E-state index >= 15 is 0 Å². The van der Waals surface area contributed by atoms with E-state index in [-0.39, 0.29) is 14.9 Å². The third kappa shape index (κ3) is 2.26. The van der Waals surface area contributed by atoms with Crippen LogP contribution in [0.4, 0.5) is 0 Å². The number of carboxylic acid groups (broad SMARTS) is 1. The average Bonchev–Trinajstić information content (AvgIpc) is 2.01. The van der Waals surface area contributed by atoms with Gasteiger partial charge in [0.1, 0.15) is 0 Å². The number of carbonyl (C=O) groups is 1. The SMILES string of the molecule is O=C(O)c1cccc(S(=O)(=O)Cl)c1Br. The van der Waals surface area contributed by atoms with Crippen LogP contribution >= 0.6 is 26.6 Å². The number of aromatic carboxylic acids is 1. The van der Waals surface area contributed by atoms with Crippen molar-refractivity contribution < 1.29 is 18.3 Å². The number of benzene rings is 1. The van der Waals surface area contributed by atoms with Crippen LogP contribution in [0.3, 0.4) is 0 Å². The van der Waals surface area contributed by atoms with E-state index in [9.17, 15) is 13.2 Å². The second kappa shape index (κ2) is 3.88. The fourth-order valence-electron chi connectivity index (χ4n) is 0.864. The van der Waals surface area contributed by atoms with Gasteiger partial charge in [-0.25, -0.2) is 13.2 Å². The summed E-state index contributed by atoms with van der Waals surface area (Å²) in [6.45, 7) is 0. The van der Waals surface area contributed by atoms with Crippen molar-refractivity contribution in [3.63, 3.8) is 0 Å². The van der Waals surface area contributed by atoms with Crippen LogP contribution in [0.15, 0.2) is 27.6 Å². The van der Waals surface area contributed by atoms with Gasteiger partial charge in [-0.3, -0.25) is 0 Å². The monoisotopic (exact) mass is 298 g/mol. The highest BCUT2D eigenvalue weighted by Crippen LogP contribution is 2.28. The Bertz CT molecular complexity index is 482.